The Kier molecular flexibility index (Phi) is 7.44. The van der Waals surface area contributed by atoms with Gasteiger partial charge in [0.2, 0.25) is 11.9 Å². The van der Waals surface area contributed by atoms with Gasteiger partial charge in [-0.2, -0.15) is 9.97 Å². The van der Waals surface area contributed by atoms with Gasteiger partial charge >= 0.3 is 0 Å². The van der Waals surface area contributed by atoms with E-state index in [1.807, 2.05) is 65.5 Å². The number of amides is 1. The highest BCUT2D eigenvalue weighted by Gasteiger charge is 2.08. The average molecular weight is 481 g/mol. The van der Waals surface area contributed by atoms with Gasteiger partial charge in [-0.25, -0.2) is 0 Å². The van der Waals surface area contributed by atoms with Gasteiger partial charge in [-0.05, 0) is 47.5 Å². The van der Waals surface area contributed by atoms with Crippen molar-refractivity contribution in [1.82, 2.24) is 19.9 Å². The molecule has 0 saturated carbocycles. The molecule has 9 heteroatoms. The summed E-state index contributed by atoms with van der Waals surface area (Å²) in [5.41, 5.74) is 1.98. The van der Waals surface area contributed by atoms with Crippen LogP contribution in [0.15, 0.2) is 79.1 Å². The lowest BCUT2D eigenvalue weighted by Gasteiger charge is -2.12. The highest BCUT2D eigenvalue weighted by atomic mass is 35.5. The molecule has 1 amide bonds. The first-order chi connectivity index (χ1) is 16.0. The summed E-state index contributed by atoms with van der Waals surface area (Å²) in [5, 5.41) is 10.5. The molecule has 3 N–H and O–H groups in total. The number of hydrogen-bond donors (Lipinski definition) is 3. The normalized spacial score (nSPS) is 10.6. The van der Waals surface area contributed by atoms with Gasteiger partial charge in [-0.3, -0.25) is 4.79 Å². The second-order valence-electron chi connectivity index (χ2n) is 7.27. The Hall–Kier alpha value is -3.55. The standard InChI is InChI=1S/C24H22Cl2N6O/c25-19-8-6-17(7-9-19)14-28-23(33)16-27-21-13-22(32-10-1-2-11-32)31-24(30-21)29-15-18-4-3-5-20(26)12-18/h1-13H,14-16H2,(H,28,33)(H2,27,29,30,31). The molecule has 2 aromatic carbocycles. The number of rotatable bonds is 9. The number of carbonyl (C=O) groups is 1. The zero-order chi connectivity index (χ0) is 23.0. The van der Waals surface area contributed by atoms with Gasteiger partial charge in [0.05, 0.1) is 6.54 Å². The van der Waals surface area contributed by atoms with Gasteiger partial charge in [-0.15, -0.1) is 0 Å². The minimum atomic E-state index is -0.153. The summed E-state index contributed by atoms with van der Waals surface area (Å²) in [6.45, 7) is 1.00. The molecule has 0 aliphatic heterocycles. The molecule has 0 unspecified atom stereocenters. The number of hydrogen-bond acceptors (Lipinski definition) is 5. The molecule has 4 aromatic rings. The van der Waals surface area contributed by atoms with Crippen LogP contribution in [-0.4, -0.2) is 27.0 Å². The summed E-state index contributed by atoms with van der Waals surface area (Å²) in [7, 11) is 0. The summed E-state index contributed by atoms with van der Waals surface area (Å²) in [6.07, 6.45) is 3.79. The highest BCUT2D eigenvalue weighted by Crippen LogP contribution is 2.16. The van der Waals surface area contributed by atoms with Crippen molar-refractivity contribution in [3.8, 4) is 5.82 Å². The fourth-order valence-electron chi connectivity index (χ4n) is 3.09. The molecule has 2 heterocycles. The maximum absolute atomic E-state index is 12.3. The van der Waals surface area contributed by atoms with E-state index < -0.39 is 0 Å². The molecule has 0 aliphatic carbocycles. The van der Waals surface area contributed by atoms with Gasteiger partial charge in [0, 0.05) is 41.6 Å². The van der Waals surface area contributed by atoms with Crippen LogP contribution in [0.3, 0.4) is 0 Å². The number of halogens is 2. The second kappa shape index (κ2) is 10.8. The average Bonchev–Trinajstić information content (AvgIpc) is 3.36. The van der Waals surface area contributed by atoms with Crippen molar-refractivity contribution in [2.45, 2.75) is 13.1 Å². The Labute approximate surface area is 201 Å². The smallest absolute Gasteiger partial charge is 0.239 e. The molecular formula is C24H22Cl2N6O. The van der Waals surface area contributed by atoms with E-state index in [4.69, 9.17) is 23.2 Å². The first-order valence-electron chi connectivity index (χ1n) is 10.3. The quantitative estimate of drug-likeness (QED) is 0.316. The van der Waals surface area contributed by atoms with Crippen LogP contribution in [0.5, 0.6) is 0 Å². The van der Waals surface area contributed by atoms with Crippen LogP contribution in [0.25, 0.3) is 5.82 Å². The van der Waals surface area contributed by atoms with E-state index in [9.17, 15) is 4.79 Å². The molecule has 4 rings (SSSR count). The molecule has 0 bridgehead atoms. The zero-order valence-corrected chi connectivity index (χ0v) is 19.1. The Balaban J connectivity index is 1.41. The summed E-state index contributed by atoms with van der Waals surface area (Å²) >= 11 is 12.0. The van der Waals surface area contributed by atoms with E-state index >= 15 is 0 Å². The van der Waals surface area contributed by atoms with Crippen molar-refractivity contribution in [2.75, 3.05) is 17.2 Å². The number of anilines is 2. The molecule has 33 heavy (non-hydrogen) atoms. The lowest BCUT2D eigenvalue weighted by molar-refractivity contribution is -0.119. The van der Waals surface area contributed by atoms with Crippen LogP contribution >= 0.6 is 23.2 Å². The zero-order valence-electron chi connectivity index (χ0n) is 17.6. The van der Waals surface area contributed by atoms with Crippen LogP contribution < -0.4 is 16.0 Å². The van der Waals surface area contributed by atoms with Crippen LogP contribution in [0.2, 0.25) is 10.0 Å². The van der Waals surface area contributed by atoms with Gasteiger partial charge in [0.1, 0.15) is 11.6 Å². The van der Waals surface area contributed by atoms with E-state index in [1.54, 1.807) is 18.2 Å². The Bertz CT molecular complexity index is 1210. The number of nitrogens with zero attached hydrogens (tertiary/aromatic N) is 3. The highest BCUT2D eigenvalue weighted by molar-refractivity contribution is 6.30. The predicted molar refractivity (Wildman–Crippen MR) is 132 cm³/mol. The Morgan fingerprint density at radius 2 is 1.61 bits per heavy atom. The lowest BCUT2D eigenvalue weighted by Crippen LogP contribution is -2.29. The molecular weight excluding hydrogens is 459 g/mol. The summed E-state index contributed by atoms with van der Waals surface area (Å²) in [6, 6.07) is 20.5. The maximum atomic E-state index is 12.3. The van der Waals surface area contributed by atoms with Crippen molar-refractivity contribution in [1.29, 1.82) is 0 Å². The third-order valence-electron chi connectivity index (χ3n) is 4.75. The van der Waals surface area contributed by atoms with E-state index in [0.717, 1.165) is 11.1 Å². The fraction of sp³-hybridized carbons (Fsp3) is 0.125. The summed E-state index contributed by atoms with van der Waals surface area (Å²) in [4.78, 5) is 21.4. The molecule has 0 fully saturated rings. The molecule has 0 saturated heterocycles. The molecule has 168 valence electrons. The maximum Gasteiger partial charge on any atom is 0.239 e. The minimum Gasteiger partial charge on any atom is -0.361 e. The molecule has 2 aromatic heterocycles. The predicted octanol–water partition coefficient (Wildman–Crippen LogP) is 4.91. The van der Waals surface area contributed by atoms with Crippen LogP contribution in [0, 0.1) is 0 Å². The summed E-state index contributed by atoms with van der Waals surface area (Å²) in [5.74, 6) is 1.49. The van der Waals surface area contributed by atoms with Crippen LogP contribution in [-0.2, 0) is 17.9 Å². The molecule has 0 radical (unpaired) electrons. The van der Waals surface area contributed by atoms with E-state index in [1.165, 1.54) is 0 Å². The topological polar surface area (TPSA) is 83.9 Å². The largest absolute Gasteiger partial charge is 0.361 e. The SMILES string of the molecule is O=C(CNc1cc(-n2cccc2)nc(NCc2cccc(Cl)c2)n1)NCc1ccc(Cl)cc1. The first-order valence-corrected chi connectivity index (χ1v) is 11.1. The first kappa shape index (κ1) is 22.6. The van der Waals surface area contributed by atoms with E-state index in [0.29, 0.717) is 40.7 Å². The summed E-state index contributed by atoms with van der Waals surface area (Å²) < 4.78 is 1.87. The van der Waals surface area contributed by atoms with Gasteiger partial charge in [0.15, 0.2) is 0 Å². The Morgan fingerprint density at radius 3 is 2.36 bits per heavy atom. The van der Waals surface area contributed by atoms with Gasteiger partial charge < -0.3 is 20.5 Å². The van der Waals surface area contributed by atoms with Crippen LogP contribution in [0.4, 0.5) is 11.8 Å². The van der Waals surface area contributed by atoms with E-state index in [-0.39, 0.29) is 12.5 Å². The molecule has 0 atom stereocenters. The number of nitrogens with one attached hydrogen (secondary N) is 3. The van der Waals surface area contributed by atoms with Crippen molar-refractivity contribution in [2.24, 2.45) is 0 Å². The lowest BCUT2D eigenvalue weighted by atomic mass is 10.2. The third kappa shape index (κ3) is 6.71. The number of benzene rings is 2. The monoisotopic (exact) mass is 480 g/mol. The van der Waals surface area contributed by atoms with Crippen LogP contribution in [0.1, 0.15) is 11.1 Å². The van der Waals surface area contributed by atoms with Crippen molar-refractivity contribution in [3.63, 3.8) is 0 Å². The minimum absolute atomic E-state index is 0.0729. The number of aromatic nitrogens is 3. The molecule has 0 spiro atoms. The molecule has 0 aliphatic rings. The Morgan fingerprint density at radius 1 is 0.818 bits per heavy atom. The van der Waals surface area contributed by atoms with Crippen molar-refractivity contribution in [3.05, 3.63) is 100 Å². The van der Waals surface area contributed by atoms with Gasteiger partial charge in [-0.1, -0.05) is 47.5 Å². The molecule has 7 nitrogen and oxygen atoms in total. The van der Waals surface area contributed by atoms with Crippen molar-refractivity contribution >= 4 is 40.9 Å². The van der Waals surface area contributed by atoms with Gasteiger partial charge in [0.25, 0.3) is 0 Å². The fourth-order valence-corrected chi connectivity index (χ4v) is 3.43. The number of carbonyl (C=O) groups excluding carboxylic acids is 1. The third-order valence-corrected chi connectivity index (χ3v) is 5.24. The van der Waals surface area contributed by atoms with Crippen molar-refractivity contribution < 1.29 is 4.79 Å². The second-order valence-corrected chi connectivity index (χ2v) is 8.14. The van der Waals surface area contributed by atoms with E-state index in [2.05, 4.69) is 25.9 Å².